The first-order valence-corrected chi connectivity index (χ1v) is 20.8. The van der Waals surface area contributed by atoms with Crippen LogP contribution in [0, 0.1) is 10.8 Å². The Labute approximate surface area is 354 Å². The number of aliphatic hydroxyl groups is 2. The molecule has 0 unspecified atom stereocenters. The average Bonchev–Trinajstić information content (AvgIpc) is 3.31. The highest BCUT2D eigenvalue weighted by Gasteiger charge is 2.63. The number of aliphatic hydroxyl groups excluding tert-OH is 2. The van der Waals surface area contributed by atoms with Crippen LogP contribution in [-0.4, -0.2) is 127 Å². The van der Waals surface area contributed by atoms with Crippen LogP contribution in [0.2, 0.25) is 0 Å². The van der Waals surface area contributed by atoms with Gasteiger partial charge in [-0.3, -0.25) is 59.3 Å². The van der Waals surface area contributed by atoms with Crippen LogP contribution < -0.4 is 0 Å². The lowest BCUT2D eigenvalue weighted by Gasteiger charge is -2.70. The molecule has 8 aliphatic rings. The minimum absolute atomic E-state index is 0. The Morgan fingerprint density at radius 1 is 0.361 bits per heavy atom. The number of hydrogen-bond donors (Lipinski definition) is 2. The van der Waals surface area contributed by atoms with Crippen molar-refractivity contribution in [1.29, 1.82) is 0 Å². The SMILES string of the molecule is O.OCC12CN3C(c4cccnc4)N(C1)C(c1cccnc1)N(C2)C3c1cccnc1.OCC12CN3C(c4cccnc4)N(C1)C(c1cccnc1)N(C2)C3c1cccnc1. The molecule has 8 fully saturated rings. The molecule has 0 aromatic carbocycles. The van der Waals surface area contributed by atoms with E-state index >= 15 is 0 Å². The second-order valence-electron chi connectivity index (χ2n) is 17.3. The minimum atomic E-state index is -0.157. The Hall–Kier alpha value is -5.46. The van der Waals surface area contributed by atoms with E-state index in [0.717, 1.165) is 39.3 Å². The number of aromatic nitrogens is 6. The van der Waals surface area contributed by atoms with Crippen molar-refractivity contribution in [3.8, 4) is 0 Å². The van der Waals surface area contributed by atoms with Crippen molar-refractivity contribution in [2.24, 2.45) is 10.8 Å². The quantitative estimate of drug-likeness (QED) is 0.229. The maximum Gasteiger partial charge on any atom is 0.0931 e. The molecule has 6 aromatic rings. The highest BCUT2D eigenvalue weighted by molar-refractivity contribution is 5.31. The molecular weight excluding hydrogens is 769 g/mol. The monoisotopic (exact) mass is 818 g/mol. The highest BCUT2D eigenvalue weighted by Crippen LogP contribution is 2.59. The van der Waals surface area contributed by atoms with Gasteiger partial charge in [0.25, 0.3) is 0 Å². The van der Waals surface area contributed by atoms with Crippen LogP contribution in [-0.2, 0) is 0 Å². The largest absolute Gasteiger partial charge is 0.412 e. The fourth-order valence-corrected chi connectivity index (χ4v) is 11.4. The number of pyridine rings is 6. The standard InChI is InChI=1S/2C23H24N6O.H2O/c2*30-16-23-13-27-20(17-4-1-7-24-10-17)28(14-23)22(19-6-3-9-26-12-19)29(15-23)21(27)18-5-2-8-25-11-18;/h2*1-12,20-22,30H,13-16H2;1H2. The van der Waals surface area contributed by atoms with E-state index in [1.165, 1.54) is 33.4 Å². The van der Waals surface area contributed by atoms with Crippen LogP contribution >= 0.6 is 0 Å². The van der Waals surface area contributed by atoms with E-state index in [-0.39, 0.29) is 66.5 Å². The van der Waals surface area contributed by atoms with E-state index in [2.05, 4.69) is 95.7 Å². The topological polar surface area (TPSA) is 169 Å². The molecule has 15 nitrogen and oxygen atoms in total. The first kappa shape index (κ1) is 39.7. The molecule has 14 rings (SSSR count). The summed E-state index contributed by atoms with van der Waals surface area (Å²) in [7, 11) is 0. The third-order valence-corrected chi connectivity index (χ3v) is 13.4. The van der Waals surface area contributed by atoms with Crippen LogP contribution in [0.3, 0.4) is 0 Å². The predicted octanol–water partition coefficient (Wildman–Crippen LogP) is 3.56. The van der Waals surface area contributed by atoms with Crippen molar-refractivity contribution in [2.45, 2.75) is 37.0 Å². The predicted molar refractivity (Wildman–Crippen MR) is 225 cm³/mol. The van der Waals surface area contributed by atoms with Crippen LogP contribution in [0.25, 0.3) is 0 Å². The van der Waals surface area contributed by atoms with E-state index in [0.29, 0.717) is 0 Å². The summed E-state index contributed by atoms with van der Waals surface area (Å²) in [4.78, 5) is 41.5. The summed E-state index contributed by atoms with van der Waals surface area (Å²) < 4.78 is 0. The molecule has 0 amide bonds. The van der Waals surface area contributed by atoms with Gasteiger partial charge in [-0.25, -0.2) is 0 Å². The summed E-state index contributed by atoms with van der Waals surface area (Å²) in [5.74, 6) is 0. The Balaban J connectivity index is 0.000000144. The molecule has 6 aromatic heterocycles. The Morgan fingerprint density at radius 3 is 0.672 bits per heavy atom. The van der Waals surface area contributed by atoms with Crippen molar-refractivity contribution in [3.63, 3.8) is 0 Å². The van der Waals surface area contributed by atoms with Gasteiger partial charge in [0.1, 0.15) is 0 Å². The smallest absolute Gasteiger partial charge is 0.0931 e. The van der Waals surface area contributed by atoms with Gasteiger partial charge in [0.15, 0.2) is 0 Å². The highest BCUT2D eigenvalue weighted by atomic mass is 16.3. The van der Waals surface area contributed by atoms with Gasteiger partial charge >= 0.3 is 0 Å². The van der Waals surface area contributed by atoms with E-state index in [4.69, 9.17) is 0 Å². The average molecular weight is 819 g/mol. The van der Waals surface area contributed by atoms with Crippen LogP contribution in [0.5, 0.6) is 0 Å². The molecule has 8 bridgehead atoms. The second-order valence-corrected chi connectivity index (χ2v) is 17.3. The molecule has 0 radical (unpaired) electrons. The summed E-state index contributed by atoms with van der Waals surface area (Å²) in [6.07, 6.45) is 23.2. The van der Waals surface area contributed by atoms with Crippen LogP contribution in [0.15, 0.2) is 147 Å². The van der Waals surface area contributed by atoms with Gasteiger partial charge in [-0.2, -0.15) is 0 Å². The molecule has 14 heterocycles. The van der Waals surface area contributed by atoms with Gasteiger partial charge in [0.05, 0.1) is 50.2 Å². The number of hydrogen-bond acceptors (Lipinski definition) is 14. The number of rotatable bonds is 8. The lowest BCUT2D eigenvalue weighted by Crippen LogP contribution is -2.75. The van der Waals surface area contributed by atoms with Gasteiger partial charge in [-0.1, -0.05) is 36.4 Å². The number of nitrogens with zero attached hydrogens (tertiary/aromatic N) is 12. The van der Waals surface area contributed by atoms with E-state index in [9.17, 15) is 10.2 Å². The van der Waals surface area contributed by atoms with Crippen LogP contribution in [0.1, 0.15) is 70.4 Å². The van der Waals surface area contributed by atoms with E-state index in [1.54, 1.807) is 0 Å². The summed E-state index contributed by atoms with van der Waals surface area (Å²) in [6, 6.07) is 24.9. The molecule has 4 N–H and O–H groups in total. The van der Waals surface area contributed by atoms with Gasteiger partial charge in [-0.05, 0) is 36.4 Å². The molecule has 0 saturated carbocycles. The molecule has 8 aliphatic heterocycles. The molecule has 0 atom stereocenters. The summed E-state index contributed by atoms with van der Waals surface area (Å²) in [5, 5.41) is 20.8. The Morgan fingerprint density at radius 2 is 0.541 bits per heavy atom. The molecule has 61 heavy (non-hydrogen) atoms. The third-order valence-electron chi connectivity index (χ3n) is 13.4. The summed E-state index contributed by atoms with van der Waals surface area (Å²) in [6.45, 7) is 5.41. The van der Waals surface area contributed by atoms with E-state index in [1.807, 2.05) is 111 Å². The molecule has 8 saturated heterocycles. The second kappa shape index (κ2) is 16.1. The molecule has 0 spiro atoms. The van der Waals surface area contributed by atoms with Gasteiger partial charge in [0.2, 0.25) is 0 Å². The van der Waals surface area contributed by atoms with Crippen molar-refractivity contribution in [1.82, 2.24) is 59.3 Å². The van der Waals surface area contributed by atoms with Gasteiger partial charge in [-0.15, -0.1) is 0 Å². The lowest BCUT2D eigenvalue weighted by molar-refractivity contribution is -0.291. The Bertz CT molecular complexity index is 1920. The van der Waals surface area contributed by atoms with Crippen molar-refractivity contribution in [2.75, 3.05) is 52.5 Å². The zero-order valence-electron chi connectivity index (χ0n) is 33.7. The fourth-order valence-electron chi connectivity index (χ4n) is 11.4. The van der Waals surface area contributed by atoms with Crippen molar-refractivity contribution >= 4 is 0 Å². The Kier molecular flexibility index (Phi) is 10.5. The van der Waals surface area contributed by atoms with Crippen LogP contribution in [0.4, 0.5) is 0 Å². The first-order valence-electron chi connectivity index (χ1n) is 20.8. The van der Waals surface area contributed by atoms with Crippen molar-refractivity contribution in [3.05, 3.63) is 181 Å². The first-order chi connectivity index (χ1) is 29.6. The van der Waals surface area contributed by atoms with Gasteiger partial charge < -0.3 is 15.7 Å². The normalized spacial score (nSPS) is 36.1. The minimum Gasteiger partial charge on any atom is -0.412 e. The maximum absolute atomic E-state index is 10.4. The zero-order chi connectivity index (χ0) is 40.3. The van der Waals surface area contributed by atoms with Gasteiger partial charge in [0, 0.05) is 158 Å². The molecule has 15 heteroatoms. The molecule has 0 aliphatic carbocycles. The fraction of sp³-hybridized carbons (Fsp3) is 0.348. The van der Waals surface area contributed by atoms with E-state index < -0.39 is 0 Å². The summed E-state index contributed by atoms with van der Waals surface area (Å²) in [5.41, 5.74) is 6.73. The maximum atomic E-state index is 10.4. The zero-order valence-corrected chi connectivity index (χ0v) is 33.7. The molecule has 312 valence electrons. The summed E-state index contributed by atoms with van der Waals surface area (Å²) >= 11 is 0. The molecular formula is C46H50N12O3. The lowest BCUT2D eigenvalue weighted by atomic mass is 9.76. The van der Waals surface area contributed by atoms with Crippen molar-refractivity contribution < 1.29 is 15.7 Å². The third kappa shape index (κ3) is 6.64.